The maximum Gasteiger partial charge on any atom is 0.142 e. The monoisotopic (exact) mass is 322 g/mol. The highest BCUT2D eigenvalue weighted by Gasteiger charge is 2.09. The molecule has 0 aliphatic heterocycles. The number of aryl methyl sites for hydroxylation is 1. The molecule has 122 valence electrons. The van der Waals surface area contributed by atoms with Gasteiger partial charge in [-0.05, 0) is 49.7 Å². The summed E-state index contributed by atoms with van der Waals surface area (Å²) < 4.78 is 15.2. The highest BCUT2D eigenvalue weighted by atomic mass is 19.1. The van der Waals surface area contributed by atoms with E-state index < -0.39 is 0 Å². The molecule has 4 heteroatoms. The van der Waals surface area contributed by atoms with Gasteiger partial charge in [-0.25, -0.2) is 4.39 Å². The molecule has 1 heterocycles. The van der Waals surface area contributed by atoms with Crippen LogP contribution in [-0.2, 0) is 11.4 Å². The Balaban J connectivity index is 1.74. The second kappa shape index (κ2) is 7.13. The van der Waals surface area contributed by atoms with E-state index in [1.807, 2.05) is 50.2 Å². The van der Waals surface area contributed by atoms with E-state index in [1.165, 1.54) is 12.1 Å². The van der Waals surface area contributed by atoms with Crippen molar-refractivity contribution in [1.29, 1.82) is 0 Å². The Morgan fingerprint density at radius 1 is 1.04 bits per heavy atom. The number of aromatic nitrogens is 1. The summed E-state index contributed by atoms with van der Waals surface area (Å²) in [5.74, 6) is -0.239. The van der Waals surface area contributed by atoms with Gasteiger partial charge in [-0.1, -0.05) is 35.5 Å². The lowest BCUT2D eigenvalue weighted by Gasteiger charge is -2.09. The van der Waals surface area contributed by atoms with Crippen LogP contribution in [0.25, 0.3) is 5.69 Å². The fourth-order valence-corrected chi connectivity index (χ4v) is 2.69. The van der Waals surface area contributed by atoms with E-state index >= 15 is 0 Å². The Hall–Kier alpha value is -2.88. The highest BCUT2D eigenvalue weighted by Crippen LogP contribution is 2.20. The third-order valence-corrected chi connectivity index (χ3v) is 3.90. The molecule has 3 rings (SSSR count). The molecule has 3 aromatic rings. The number of benzene rings is 2. The molecular weight excluding hydrogens is 303 g/mol. The highest BCUT2D eigenvalue weighted by molar-refractivity contribution is 5.81. The van der Waals surface area contributed by atoms with Gasteiger partial charge in [0.15, 0.2) is 0 Å². The lowest BCUT2D eigenvalue weighted by molar-refractivity contribution is 0.132. The van der Waals surface area contributed by atoms with Crippen molar-refractivity contribution in [3.05, 3.63) is 89.0 Å². The molecule has 0 unspecified atom stereocenters. The van der Waals surface area contributed by atoms with Crippen molar-refractivity contribution >= 4 is 6.21 Å². The normalized spacial score (nSPS) is 11.1. The summed E-state index contributed by atoms with van der Waals surface area (Å²) in [4.78, 5) is 5.36. The minimum Gasteiger partial charge on any atom is -0.391 e. The second-order valence-corrected chi connectivity index (χ2v) is 5.63. The van der Waals surface area contributed by atoms with Crippen LogP contribution < -0.4 is 0 Å². The topological polar surface area (TPSA) is 26.5 Å². The Morgan fingerprint density at radius 3 is 2.46 bits per heavy atom. The molecule has 0 amide bonds. The molecule has 0 saturated carbocycles. The predicted octanol–water partition coefficient (Wildman–Crippen LogP) is 4.78. The summed E-state index contributed by atoms with van der Waals surface area (Å²) in [6.45, 7) is 4.46. The Kier molecular flexibility index (Phi) is 4.75. The maximum absolute atomic E-state index is 13.1. The number of hydrogen-bond donors (Lipinski definition) is 0. The number of halogens is 1. The Bertz CT molecular complexity index is 836. The van der Waals surface area contributed by atoms with Crippen molar-refractivity contribution in [3.8, 4) is 5.69 Å². The smallest absolute Gasteiger partial charge is 0.142 e. The van der Waals surface area contributed by atoms with Crippen LogP contribution in [0.15, 0.2) is 65.8 Å². The fourth-order valence-electron chi connectivity index (χ4n) is 2.69. The number of hydrogen-bond acceptors (Lipinski definition) is 2. The van der Waals surface area contributed by atoms with Crippen LogP contribution in [0, 0.1) is 19.7 Å². The molecule has 1 aromatic heterocycles. The first kappa shape index (κ1) is 16.0. The molecule has 2 aromatic carbocycles. The molecule has 0 saturated heterocycles. The van der Waals surface area contributed by atoms with Gasteiger partial charge in [0.25, 0.3) is 0 Å². The molecule has 0 fully saturated rings. The van der Waals surface area contributed by atoms with Crippen molar-refractivity contribution in [3.63, 3.8) is 0 Å². The number of rotatable bonds is 5. The van der Waals surface area contributed by atoms with Gasteiger partial charge in [0, 0.05) is 22.6 Å². The zero-order chi connectivity index (χ0) is 16.9. The largest absolute Gasteiger partial charge is 0.391 e. The van der Waals surface area contributed by atoms with E-state index in [-0.39, 0.29) is 5.82 Å². The van der Waals surface area contributed by atoms with Crippen LogP contribution in [0.5, 0.6) is 0 Å². The van der Waals surface area contributed by atoms with Gasteiger partial charge < -0.3 is 9.40 Å². The third-order valence-electron chi connectivity index (χ3n) is 3.90. The van der Waals surface area contributed by atoms with Crippen LogP contribution >= 0.6 is 0 Å². The zero-order valence-electron chi connectivity index (χ0n) is 13.7. The SMILES string of the molecule is Cc1cc(/C=N\OCc2ccccc2)c(C)n1-c1ccc(F)cc1. The lowest BCUT2D eigenvalue weighted by Crippen LogP contribution is -1.99. The van der Waals surface area contributed by atoms with E-state index in [0.29, 0.717) is 6.61 Å². The van der Waals surface area contributed by atoms with Gasteiger partial charge in [-0.2, -0.15) is 0 Å². The molecule has 0 aliphatic rings. The van der Waals surface area contributed by atoms with E-state index in [1.54, 1.807) is 18.3 Å². The van der Waals surface area contributed by atoms with Gasteiger partial charge in [-0.3, -0.25) is 0 Å². The van der Waals surface area contributed by atoms with Gasteiger partial charge in [-0.15, -0.1) is 0 Å². The first-order valence-corrected chi connectivity index (χ1v) is 7.79. The first-order chi connectivity index (χ1) is 11.6. The molecule has 0 aliphatic carbocycles. The average Bonchev–Trinajstić information content (AvgIpc) is 2.88. The molecule has 0 spiro atoms. The third kappa shape index (κ3) is 3.54. The van der Waals surface area contributed by atoms with E-state index in [2.05, 4.69) is 9.72 Å². The van der Waals surface area contributed by atoms with Crippen molar-refractivity contribution in [2.24, 2.45) is 5.16 Å². The van der Waals surface area contributed by atoms with Crippen LogP contribution in [0.4, 0.5) is 4.39 Å². The molecule has 3 nitrogen and oxygen atoms in total. The fraction of sp³-hybridized carbons (Fsp3) is 0.150. The molecule has 0 radical (unpaired) electrons. The Labute approximate surface area is 141 Å². The van der Waals surface area contributed by atoms with Crippen molar-refractivity contribution in [2.45, 2.75) is 20.5 Å². The van der Waals surface area contributed by atoms with Crippen molar-refractivity contribution in [1.82, 2.24) is 4.57 Å². The van der Waals surface area contributed by atoms with E-state index in [9.17, 15) is 4.39 Å². The summed E-state index contributed by atoms with van der Waals surface area (Å²) in [6.07, 6.45) is 1.71. The predicted molar refractivity (Wildman–Crippen MR) is 94.0 cm³/mol. The van der Waals surface area contributed by atoms with Gasteiger partial charge in [0.05, 0.1) is 6.21 Å². The van der Waals surface area contributed by atoms with E-state index in [0.717, 1.165) is 28.2 Å². The Morgan fingerprint density at radius 2 is 1.75 bits per heavy atom. The molecule has 0 N–H and O–H groups in total. The summed E-state index contributed by atoms with van der Waals surface area (Å²) >= 11 is 0. The van der Waals surface area contributed by atoms with Crippen LogP contribution in [0.3, 0.4) is 0 Å². The zero-order valence-corrected chi connectivity index (χ0v) is 13.7. The van der Waals surface area contributed by atoms with Crippen molar-refractivity contribution < 1.29 is 9.23 Å². The molecular formula is C20H19FN2O. The first-order valence-electron chi connectivity index (χ1n) is 7.79. The molecule has 0 bridgehead atoms. The summed E-state index contributed by atoms with van der Waals surface area (Å²) in [5, 5.41) is 4.06. The van der Waals surface area contributed by atoms with Gasteiger partial charge in [0.1, 0.15) is 12.4 Å². The molecule has 0 atom stereocenters. The minimum atomic E-state index is -0.239. The summed E-state index contributed by atoms with van der Waals surface area (Å²) in [5.41, 5.74) is 5.07. The summed E-state index contributed by atoms with van der Waals surface area (Å²) in [7, 11) is 0. The van der Waals surface area contributed by atoms with Crippen molar-refractivity contribution in [2.75, 3.05) is 0 Å². The minimum absolute atomic E-state index is 0.239. The van der Waals surface area contributed by atoms with Crippen LogP contribution in [0.1, 0.15) is 22.5 Å². The quantitative estimate of drug-likeness (QED) is 0.490. The van der Waals surface area contributed by atoms with Gasteiger partial charge in [0.2, 0.25) is 0 Å². The van der Waals surface area contributed by atoms with Crippen LogP contribution in [0.2, 0.25) is 0 Å². The maximum atomic E-state index is 13.1. The number of oxime groups is 1. The summed E-state index contributed by atoms with van der Waals surface area (Å²) in [6, 6.07) is 18.4. The average molecular weight is 322 g/mol. The molecule has 24 heavy (non-hydrogen) atoms. The lowest BCUT2D eigenvalue weighted by atomic mass is 10.2. The van der Waals surface area contributed by atoms with E-state index in [4.69, 9.17) is 4.84 Å². The van der Waals surface area contributed by atoms with Crippen LogP contribution in [-0.4, -0.2) is 10.8 Å². The number of nitrogens with zero attached hydrogens (tertiary/aromatic N) is 2. The second-order valence-electron chi connectivity index (χ2n) is 5.63. The van der Waals surface area contributed by atoms with Gasteiger partial charge >= 0.3 is 0 Å². The standard InChI is InChI=1S/C20H19FN2O/c1-15-12-18(13-22-24-14-17-6-4-3-5-7-17)16(2)23(15)20-10-8-19(21)9-11-20/h3-13H,14H2,1-2H3/b22-13-.